The lowest BCUT2D eigenvalue weighted by Gasteiger charge is -2.09. The lowest BCUT2D eigenvalue weighted by atomic mass is 10.1. The van der Waals surface area contributed by atoms with Gasteiger partial charge in [0.1, 0.15) is 5.01 Å². The average Bonchev–Trinajstić information content (AvgIpc) is 3.16. The number of sulfone groups is 1. The highest BCUT2D eigenvalue weighted by Crippen LogP contribution is 2.36. The summed E-state index contributed by atoms with van der Waals surface area (Å²) in [6.07, 6.45) is 0. The van der Waals surface area contributed by atoms with Crippen LogP contribution in [0.1, 0.15) is 5.56 Å². The van der Waals surface area contributed by atoms with Crippen molar-refractivity contribution < 1.29 is 21.6 Å². The van der Waals surface area contributed by atoms with Gasteiger partial charge in [-0.25, -0.2) is 13.4 Å². The molecule has 1 heterocycles. The number of halogens is 4. The molecular weight excluding hydrogens is 455 g/mol. The van der Waals surface area contributed by atoms with E-state index in [2.05, 4.69) is 4.98 Å². The topological polar surface area (TPSA) is 47.0 Å². The third-order valence-corrected chi connectivity index (χ3v) is 7.15. The Morgan fingerprint density at radius 3 is 2.43 bits per heavy atom. The summed E-state index contributed by atoms with van der Waals surface area (Å²) < 4.78 is 60.6. The van der Waals surface area contributed by atoms with Crippen LogP contribution >= 0.6 is 22.9 Å². The number of rotatable bonds is 4. The fourth-order valence-electron chi connectivity index (χ4n) is 3.09. The van der Waals surface area contributed by atoms with Crippen LogP contribution in [0.15, 0.2) is 66.0 Å². The molecule has 0 fully saturated rings. The molecule has 3 nitrogen and oxygen atoms in total. The largest absolute Gasteiger partial charge is 0.497 e. The molecule has 4 rings (SSSR count). The van der Waals surface area contributed by atoms with Crippen LogP contribution in [0, 0.1) is 0 Å². The summed E-state index contributed by atoms with van der Waals surface area (Å²) in [4.78, 5) is 4.64. The monoisotopic (exact) mass is 467 g/mol. The average molecular weight is 468 g/mol. The van der Waals surface area contributed by atoms with Crippen molar-refractivity contribution >= 4 is 43.5 Å². The Balaban J connectivity index is 1.67. The molecular formula is C21H13ClF3NO2S2. The number of aromatic nitrogens is 1. The van der Waals surface area contributed by atoms with Crippen molar-refractivity contribution in [3.63, 3.8) is 0 Å². The molecule has 0 aliphatic heterocycles. The maximum absolute atomic E-state index is 12.6. The van der Waals surface area contributed by atoms with Gasteiger partial charge in [-0.15, -0.1) is 11.3 Å². The number of alkyl halides is 3. The molecule has 0 unspecified atom stereocenters. The molecule has 0 atom stereocenters. The Labute approximate surface area is 179 Å². The number of thiazole rings is 1. The summed E-state index contributed by atoms with van der Waals surface area (Å²) in [6, 6.07) is 17.9. The number of fused-ring (bicyclic) bond motifs is 1. The van der Waals surface area contributed by atoms with Crippen molar-refractivity contribution in [2.24, 2.45) is 0 Å². The zero-order valence-corrected chi connectivity index (χ0v) is 17.5. The molecule has 1 aromatic heterocycles. The predicted molar refractivity (Wildman–Crippen MR) is 114 cm³/mol. The fraction of sp³-hybridized carbons (Fsp3) is 0.0952. The SMILES string of the molecule is O=S(=O)(Cc1ccc(-c2csc(-c3cccc4ccccc34)n2)c(Cl)c1)C(F)(F)F. The molecule has 9 heteroatoms. The van der Waals surface area contributed by atoms with Gasteiger partial charge < -0.3 is 0 Å². The highest BCUT2D eigenvalue weighted by molar-refractivity contribution is 7.91. The quantitative estimate of drug-likeness (QED) is 0.335. The first-order valence-electron chi connectivity index (χ1n) is 8.67. The van der Waals surface area contributed by atoms with Crippen molar-refractivity contribution in [2.45, 2.75) is 11.3 Å². The highest BCUT2D eigenvalue weighted by atomic mass is 35.5. The molecule has 0 radical (unpaired) electrons. The summed E-state index contributed by atoms with van der Waals surface area (Å²) in [7, 11) is -5.27. The lowest BCUT2D eigenvalue weighted by molar-refractivity contribution is -0.0437. The fourth-order valence-corrected chi connectivity index (χ4v) is 5.03. The Bertz CT molecular complexity index is 1340. The van der Waals surface area contributed by atoms with Gasteiger partial charge >= 0.3 is 5.51 Å². The number of nitrogens with zero attached hydrogens (tertiary/aromatic N) is 1. The van der Waals surface area contributed by atoms with E-state index in [4.69, 9.17) is 11.6 Å². The van der Waals surface area contributed by atoms with Gasteiger partial charge in [0.05, 0.1) is 16.5 Å². The minimum atomic E-state index is -5.31. The Hall–Kier alpha value is -2.42. The molecule has 0 saturated heterocycles. The third kappa shape index (κ3) is 3.95. The van der Waals surface area contributed by atoms with Gasteiger partial charge in [0.15, 0.2) is 0 Å². The number of hydrogen-bond acceptors (Lipinski definition) is 4. The maximum Gasteiger partial charge on any atom is 0.497 e. The molecule has 0 aliphatic rings. The molecule has 4 aromatic rings. The van der Waals surface area contributed by atoms with Gasteiger partial charge in [0, 0.05) is 16.5 Å². The molecule has 154 valence electrons. The van der Waals surface area contributed by atoms with Crippen LogP contribution in [0.4, 0.5) is 13.2 Å². The van der Waals surface area contributed by atoms with E-state index < -0.39 is 21.1 Å². The van der Waals surface area contributed by atoms with Crippen molar-refractivity contribution in [1.82, 2.24) is 4.98 Å². The van der Waals surface area contributed by atoms with Crippen LogP contribution in [-0.2, 0) is 15.6 Å². The minimum Gasteiger partial charge on any atom is -0.236 e. The molecule has 0 amide bonds. The van der Waals surface area contributed by atoms with Crippen LogP contribution in [0.5, 0.6) is 0 Å². The molecule has 3 aromatic carbocycles. The van der Waals surface area contributed by atoms with Crippen molar-refractivity contribution in [1.29, 1.82) is 0 Å². The van der Waals surface area contributed by atoms with E-state index in [0.717, 1.165) is 21.3 Å². The molecule has 30 heavy (non-hydrogen) atoms. The summed E-state index contributed by atoms with van der Waals surface area (Å²) in [5.41, 5.74) is -3.29. The predicted octanol–water partition coefficient (Wildman–Crippen LogP) is 6.72. The van der Waals surface area contributed by atoms with E-state index in [1.165, 1.54) is 29.5 Å². The zero-order valence-electron chi connectivity index (χ0n) is 15.2. The van der Waals surface area contributed by atoms with Crippen molar-refractivity contribution in [3.05, 3.63) is 76.6 Å². The first-order valence-corrected chi connectivity index (χ1v) is 11.6. The summed E-state index contributed by atoms with van der Waals surface area (Å²) >= 11 is 7.67. The van der Waals surface area contributed by atoms with Crippen LogP contribution in [0.2, 0.25) is 5.02 Å². The van der Waals surface area contributed by atoms with Crippen LogP contribution in [-0.4, -0.2) is 18.9 Å². The first kappa shape index (κ1) is 20.8. The van der Waals surface area contributed by atoms with E-state index in [-0.39, 0.29) is 10.6 Å². The van der Waals surface area contributed by atoms with Crippen LogP contribution in [0.3, 0.4) is 0 Å². The third-order valence-electron chi connectivity index (χ3n) is 4.54. The van der Waals surface area contributed by atoms with E-state index >= 15 is 0 Å². The summed E-state index contributed by atoms with van der Waals surface area (Å²) in [5.74, 6) is -1.16. The lowest BCUT2D eigenvalue weighted by Crippen LogP contribution is -2.24. The van der Waals surface area contributed by atoms with Gasteiger partial charge in [-0.3, -0.25) is 0 Å². The molecule has 0 N–H and O–H groups in total. The van der Waals surface area contributed by atoms with Crippen LogP contribution in [0.25, 0.3) is 32.6 Å². The van der Waals surface area contributed by atoms with E-state index in [0.29, 0.717) is 11.3 Å². The second kappa shape index (κ2) is 7.68. The van der Waals surface area contributed by atoms with E-state index in [1.807, 2.05) is 47.8 Å². The van der Waals surface area contributed by atoms with Crippen LogP contribution < -0.4 is 0 Å². The standard InChI is InChI=1S/C21H13ClF3NO2S2/c22-18-10-13(12-30(27,28)21(23,24)25)8-9-17(18)19-11-29-20(26-19)16-7-3-5-14-4-1-2-6-15(14)16/h1-11H,12H2. The van der Waals surface area contributed by atoms with Crippen molar-refractivity contribution in [3.8, 4) is 21.8 Å². The minimum absolute atomic E-state index is 0.0365. The molecule has 0 bridgehead atoms. The van der Waals surface area contributed by atoms with Gasteiger partial charge in [-0.05, 0) is 22.4 Å². The molecule has 0 aliphatic carbocycles. The smallest absolute Gasteiger partial charge is 0.236 e. The van der Waals surface area contributed by atoms with Gasteiger partial charge in [0.2, 0.25) is 0 Å². The number of hydrogen-bond donors (Lipinski definition) is 0. The van der Waals surface area contributed by atoms with Gasteiger partial charge in [-0.1, -0.05) is 66.2 Å². The molecule has 0 saturated carbocycles. The van der Waals surface area contributed by atoms with E-state index in [1.54, 1.807) is 0 Å². The van der Waals surface area contributed by atoms with E-state index in [9.17, 15) is 21.6 Å². The first-order chi connectivity index (χ1) is 14.2. The summed E-state index contributed by atoms with van der Waals surface area (Å²) in [5, 5.41) is 4.87. The second-order valence-corrected chi connectivity index (χ2v) is 9.83. The second-order valence-electron chi connectivity index (χ2n) is 6.58. The summed E-state index contributed by atoms with van der Waals surface area (Å²) in [6.45, 7) is 0. The van der Waals surface area contributed by atoms with Gasteiger partial charge in [0.25, 0.3) is 9.84 Å². The molecule has 0 spiro atoms. The number of benzene rings is 3. The maximum atomic E-state index is 12.6. The highest BCUT2D eigenvalue weighted by Gasteiger charge is 2.45. The Kier molecular flexibility index (Phi) is 5.34. The Morgan fingerprint density at radius 2 is 1.70 bits per heavy atom. The normalized spacial score (nSPS) is 12.4. The zero-order chi connectivity index (χ0) is 21.5. The van der Waals surface area contributed by atoms with Gasteiger partial charge in [-0.2, -0.15) is 13.2 Å². The van der Waals surface area contributed by atoms with Crippen molar-refractivity contribution in [2.75, 3.05) is 0 Å². The Morgan fingerprint density at radius 1 is 0.967 bits per heavy atom.